The summed E-state index contributed by atoms with van der Waals surface area (Å²) >= 11 is 0. The lowest BCUT2D eigenvalue weighted by atomic mass is 10.3. The Kier molecular flexibility index (Phi) is 4.47. The zero-order valence-electron chi connectivity index (χ0n) is 6.16. The van der Waals surface area contributed by atoms with Crippen molar-refractivity contribution in [1.82, 2.24) is 5.32 Å². The molecule has 0 rings (SSSR count). The molecule has 0 bridgehead atoms. The molecule has 0 aromatic rings. The summed E-state index contributed by atoms with van der Waals surface area (Å²) in [5.41, 5.74) is 4.80. The Morgan fingerprint density at radius 2 is 2.10 bits per heavy atom. The Labute approximate surface area is 59.8 Å². The lowest BCUT2D eigenvalue weighted by Crippen LogP contribution is -2.39. The fraction of sp³-hybridized carbons (Fsp3) is 1.00. The van der Waals surface area contributed by atoms with E-state index in [1.165, 1.54) is 0 Å². The first-order valence-corrected chi connectivity index (χ1v) is 3.41. The molecule has 0 heterocycles. The summed E-state index contributed by atoms with van der Waals surface area (Å²) in [6.07, 6.45) is 0.862. The number of hydrogen-bond donors (Lipinski definition) is 2. The van der Waals surface area contributed by atoms with Crippen LogP contribution in [0.3, 0.4) is 0 Å². The van der Waals surface area contributed by atoms with E-state index in [1.807, 2.05) is 6.92 Å². The zero-order valence-corrected chi connectivity index (χ0v) is 6.16. The van der Waals surface area contributed by atoms with E-state index >= 15 is 0 Å². The normalized spacial score (nSPS) is 12.0. The van der Waals surface area contributed by atoms with Crippen LogP contribution >= 0.6 is 0 Å². The van der Waals surface area contributed by atoms with Crippen LogP contribution in [0.5, 0.6) is 0 Å². The molecule has 0 aromatic heterocycles. The molecule has 0 amide bonds. The summed E-state index contributed by atoms with van der Waals surface area (Å²) in [5.74, 6) is -2.74. The van der Waals surface area contributed by atoms with Gasteiger partial charge in [-0.05, 0) is 13.0 Å². The Morgan fingerprint density at radius 1 is 1.50 bits per heavy atom. The van der Waals surface area contributed by atoms with Crippen LogP contribution in [0.25, 0.3) is 0 Å². The highest BCUT2D eigenvalue weighted by Crippen LogP contribution is 2.08. The lowest BCUT2D eigenvalue weighted by molar-refractivity contribution is 0.0121. The van der Waals surface area contributed by atoms with Gasteiger partial charge in [0, 0.05) is 0 Å². The summed E-state index contributed by atoms with van der Waals surface area (Å²) in [4.78, 5) is 0. The molecule has 0 aliphatic carbocycles. The van der Waals surface area contributed by atoms with Crippen molar-refractivity contribution in [3.05, 3.63) is 0 Å². The Balaban J connectivity index is 3.28. The highest BCUT2D eigenvalue weighted by molar-refractivity contribution is 4.69. The van der Waals surface area contributed by atoms with E-state index in [2.05, 4.69) is 5.32 Å². The average molecular weight is 152 g/mol. The standard InChI is InChI=1S/C6H14F2N2/c1-2-3-10-5-6(7,8)4-9/h10H,2-5,9H2,1H3. The summed E-state index contributed by atoms with van der Waals surface area (Å²) < 4.78 is 24.6. The molecule has 0 aliphatic rings. The highest BCUT2D eigenvalue weighted by Gasteiger charge is 2.25. The number of alkyl halides is 2. The summed E-state index contributed by atoms with van der Waals surface area (Å²) in [6.45, 7) is 1.66. The molecule has 0 atom stereocenters. The topological polar surface area (TPSA) is 38.0 Å². The van der Waals surface area contributed by atoms with Crippen molar-refractivity contribution in [3.8, 4) is 0 Å². The van der Waals surface area contributed by atoms with Crippen molar-refractivity contribution in [2.24, 2.45) is 5.73 Å². The minimum Gasteiger partial charge on any atom is -0.325 e. The van der Waals surface area contributed by atoms with E-state index in [9.17, 15) is 8.78 Å². The molecule has 4 heteroatoms. The number of halogens is 2. The van der Waals surface area contributed by atoms with Crippen molar-refractivity contribution in [1.29, 1.82) is 0 Å². The Bertz CT molecular complexity index is 85.8. The number of rotatable bonds is 5. The van der Waals surface area contributed by atoms with Gasteiger partial charge in [-0.1, -0.05) is 6.92 Å². The van der Waals surface area contributed by atoms with Crippen molar-refractivity contribution >= 4 is 0 Å². The Morgan fingerprint density at radius 3 is 2.50 bits per heavy atom. The van der Waals surface area contributed by atoms with E-state index in [0.717, 1.165) is 6.42 Å². The van der Waals surface area contributed by atoms with Gasteiger partial charge in [0.2, 0.25) is 0 Å². The first-order chi connectivity index (χ1) is 4.62. The van der Waals surface area contributed by atoms with Crippen LogP contribution in [0.1, 0.15) is 13.3 Å². The molecule has 0 aliphatic heterocycles. The molecule has 2 nitrogen and oxygen atoms in total. The monoisotopic (exact) mass is 152 g/mol. The van der Waals surface area contributed by atoms with Crippen LogP contribution in [0.2, 0.25) is 0 Å². The molecule has 0 radical (unpaired) electrons. The molecule has 0 saturated carbocycles. The van der Waals surface area contributed by atoms with Crippen molar-refractivity contribution in [3.63, 3.8) is 0 Å². The molecular formula is C6H14F2N2. The molecule has 3 N–H and O–H groups in total. The largest absolute Gasteiger partial charge is 0.325 e. The molecule has 0 aromatic carbocycles. The van der Waals surface area contributed by atoms with Gasteiger partial charge in [-0.2, -0.15) is 0 Å². The molecule has 0 unspecified atom stereocenters. The van der Waals surface area contributed by atoms with Gasteiger partial charge in [0.1, 0.15) is 0 Å². The minimum absolute atomic E-state index is 0.308. The van der Waals surface area contributed by atoms with Gasteiger partial charge in [0.15, 0.2) is 0 Å². The smallest absolute Gasteiger partial charge is 0.272 e. The fourth-order valence-electron chi connectivity index (χ4n) is 0.520. The predicted octanol–water partition coefficient (Wildman–Crippen LogP) is 0.580. The third kappa shape index (κ3) is 4.64. The molecule has 0 saturated heterocycles. The lowest BCUT2D eigenvalue weighted by Gasteiger charge is -2.13. The molecular weight excluding hydrogens is 138 g/mol. The molecule has 0 fully saturated rings. The predicted molar refractivity (Wildman–Crippen MR) is 37.2 cm³/mol. The maximum absolute atomic E-state index is 12.3. The van der Waals surface area contributed by atoms with E-state index < -0.39 is 12.5 Å². The van der Waals surface area contributed by atoms with E-state index in [4.69, 9.17) is 5.73 Å². The second-order valence-electron chi connectivity index (χ2n) is 2.24. The average Bonchev–Trinajstić information content (AvgIpc) is 1.89. The minimum atomic E-state index is -2.74. The van der Waals surface area contributed by atoms with E-state index in [-0.39, 0.29) is 6.54 Å². The van der Waals surface area contributed by atoms with Gasteiger partial charge < -0.3 is 11.1 Å². The van der Waals surface area contributed by atoms with Gasteiger partial charge in [0.05, 0.1) is 13.1 Å². The van der Waals surface area contributed by atoms with Crippen molar-refractivity contribution < 1.29 is 8.78 Å². The van der Waals surface area contributed by atoms with Gasteiger partial charge in [-0.3, -0.25) is 0 Å². The third-order valence-electron chi connectivity index (χ3n) is 1.11. The third-order valence-corrected chi connectivity index (χ3v) is 1.11. The first-order valence-electron chi connectivity index (χ1n) is 3.41. The second-order valence-corrected chi connectivity index (χ2v) is 2.24. The van der Waals surface area contributed by atoms with Gasteiger partial charge in [-0.15, -0.1) is 0 Å². The quantitative estimate of drug-likeness (QED) is 0.565. The van der Waals surface area contributed by atoms with Crippen LogP contribution < -0.4 is 11.1 Å². The van der Waals surface area contributed by atoms with Crippen LogP contribution in [-0.2, 0) is 0 Å². The molecule has 62 valence electrons. The van der Waals surface area contributed by atoms with Gasteiger partial charge in [-0.25, -0.2) is 8.78 Å². The van der Waals surface area contributed by atoms with Gasteiger partial charge in [0.25, 0.3) is 5.92 Å². The summed E-state index contributed by atoms with van der Waals surface area (Å²) in [7, 11) is 0. The van der Waals surface area contributed by atoms with Crippen molar-refractivity contribution in [2.75, 3.05) is 19.6 Å². The maximum Gasteiger partial charge on any atom is 0.272 e. The van der Waals surface area contributed by atoms with Crippen LogP contribution in [0.15, 0.2) is 0 Å². The number of nitrogens with two attached hydrogens (primary N) is 1. The fourth-order valence-corrected chi connectivity index (χ4v) is 0.520. The summed E-state index contributed by atoms with van der Waals surface area (Å²) in [5, 5.41) is 2.60. The molecule has 0 spiro atoms. The number of hydrogen-bond acceptors (Lipinski definition) is 2. The summed E-state index contributed by atoms with van der Waals surface area (Å²) in [6, 6.07) is 0. The zero-order chi connectivity index (χ0) is 8.04. The molecule has 10 heavy (non-hydrogen) atoms. The first kappa shape index (κ1) is 9.78. The van der Waals surface area contributed by atoms with Crippen LogP contribution in [0.4, 0.5) is 8.78 Å². The van der Waals surface area contributed by atoms with Crippen LogP contribution in [-0.4, -0.2) is 25.6 Å². The van der Waals surface area contributed by atoms with Crippen LogP contribution in [0, 0.1) is 0 Å². The van der Waals surface area contributed by atoms with Gasteiger partial charge >= 0.3 is 0 Å². The van der Waals surface area contributed by atoms with E-state index in [1.54, 1.807) is 0 Å². The van der Waals surface area contributed by atoms with Crippen molar-refractivity contribution in [2.45, 2.75) is 19.3 Å². The number of nitrogens with one attached hydrogen (secondary N) is 1. The maximum atomic E-state index is 12.3. The SMILES string of the molecule is CCCNCC(F)(F)CN. The second kappa shape index (κ2) is 4.57. The van der Waals surface area contributed by atoms with E-state index in [0.29, 0.717) is 6.54 Å². The highest BCUT2D eigenvalue weighted by atomic mass is 19.3. The Hall–Kier alpha value is -0.220.